The number of carbonyl (C=O) groups is 1. The Hall–Kier alpha value is -1.89. The fourth-order valence-corrected chi connectivity index (χ4v) is 2.70. The summed E-state index contributed by atoms with van der Waals surface area (Å²) in [4.78, 5) is 12.6. The van der Waals surface area contributed by atoms with Crippen LogP contribution < -0.4 is 0 Å². The molecule has 1 aliphatic rings. The molecule has 1 nitrogen and oxygen atoms in total. The molecule has 2 aromatic rings. The maximum absolute atomic E-state index is 12.6. The Labute approximate surface area is 107 Å². The number of hydrogen-bond donors (Lipinski definition) is 0. The van der Waals surface area contributed by atoms with Crippen LogP contribution in [-0.4, -0.2) is 5.78 Å². The predicted octanol–water partition coefficient (Wildman–Crippen LogP) is 4.20. The Morgan fingerprint density at radius 3 is 2.06 bits per heavy atom. The van der Waals surface area contributed by atoms with E-state index < -0.39 is 0 Å². The van der Waals surface area contributed by atoms with Crippen LogP contribution in [-0.2, 0) is 5.41 Å². The third kappa shape index (κ3) is 1.43. The molecule has 2 aromatic carbocycles. The van der Waals surface area contributed by atoms with Crippen LogP contribution in [0.1, 0.15) is 42.3 Å². The lowest BCUT2D eigenvalue weighted by Gasteiger charge is -2.22. The molecule has 0 saturated carbocycles. The Kier molecular flexibility index (Phi) is 2.21. The van der Waals surface area contributed by atoms with E-state index >= 15 is 0 Å². The summed E-state index contributed by atoms with van der Waals surface area (Å²) >= 11 is 0. The van der Waals surface area contributed by atoms with Crippen LogP contribution in [0.2, 0.25) is 0 Å². The van der Waals surface area contributed by atoms with Gasteiger partial charge < -0.3 is 0 Å². The molecule has 0 atom stereocenters. The van der Waals surface area contributed by atoms with E-state index in [1.165, 1.54) is 0 Å². The average Bonchev–Trinajstić information content (AvgIpc) is 2.63. The van der Waals surface area contributed by atoms with Gasteiger partial charge in [-0.25, -0.2) is 0 Å². The second-order valence-electron chi connectivity index (χ2n) is 5.85. The van der Waals surface area contributed by atoms with Crippen LogP contribution in [0.15, 0.2) is 42.5 Å². The second-order valence-corrected chi connectivity index (χ2v) is 5.85. The molecule has 18 heavy (non-hydrogen) atoms. The summed E-state index contributed by atoms with van der Waals surface area (Å²) in [5.41, 5.74) is 5.02. The first-order valence-electron chi connectivity index (χ1n) is 6.28. The third-order valence-corrected chi connectivity index (χ3v) is 3.56. The summed E-state index contributed by atoms with van der Waals surface area (Å²) < 4.78 is 0. The highest BCUT2D eigenvalue weighted by Gasteiger charge is 2.31. The number of hydrogen-bond acceptors (Lipinski definition) is 1. The molecular formula is C17H16O. The van der Waals surface area contributed by atoms with Crippen molar-refractivity contribution >= 4 is 5.78 Å². The summed E-state index contributed by atoms with van der Waals surface area (Å²) in [5.74, 6) is 0.172. The molecule has 0 radical (unpaired) electrons. The van der Waals surface area contributed by atoms with E-state index in [1.807, 2.05) is 30.3 Å². The smallest absolute Gasteiger partial charge is 0.194 e. The van der Waals surface area contributed by atoms with Crippen LogP contribution in [0.3, 0.4) is 0 Å². The first-order chi connectivity index (χ1) is 8.50. The van der Waals surface area contributed by atoms with Gasteiger partial charge in [-0.15, -0.1) is 0 Å². The number of fused-ring (bicyclic) bond motifs is 3. The van der Waals surface area contributed by atoms with E-state index in [0.29, 0.717) is 0 Å². The highest BCUT2D eigenvalue weighted by atomic mass is 16.1. The van der Waals surface area contributed by atoms with Gasteiger partial charge in [0.25, 0.3) is 0 Å². The molecule has 0 unspecified atom stereocenters. The zero-order valence-electron chi connectivity index (χ0n) is 10.9. The maximum atomic E-state index is 12.6. The number of ketones is 1. The lowest BCUT2D eigenvalue weighted by Crippen LogP contribution is -2.16. The second kappa shape index (κ2) is 3.55. The van der Waals surface area contributed by atoms with Crippen LogP contribution in [0.25, 0.3) is 11.1 Å². The van der Waals surface area contributed by atoms with Crippen molar-refractivity contribution in [2.24, 2.45) is 0 Å². The quantitative estimate of drug-likeness (QED) is 0.572. The summed E-state index contributed by atoms with van der Waals surface area (Å²) in [5, 5.41) is 0. The summed E-state index contributed by atoms with van der Waals surface area (Å²) in [6.45, 7) is 6.45. The minimum atomic E-state index is -0.0109. The molecule has 0 saturated heterocycles. The van der Waals surface area contributed by atoms with Gasteiger partial charge in [0.2, 0.25) is 0 Å². The molecule has 90 valence electrons. The van der Waals surface area contributed by atoms with Gasteiger partial charge in [0.1, 0.15) is 0 Å². The van der Waals surface area contributed by atoms with Gasteiger partial charge in [-0.2, -0.15) is 0 Å². The molecule has 1 heteroatoms. The van der Waals surface area contributed by atoms with Crippen LogP contribution in [0, 0.1) is 0 Å². The largest absolute Gasteiger partial charge is 0.289 e. The van der Waals surface area contributed by atoms with Crippen molar-refractivity contribution in [1.29, 1.82) is 0 Å². The molecule has 3 rings (SSSR count). The van der Waals surface area contributed by atoms with Crippen molar-refractivity contribution in [2.75, 3.05) is 0 Å². The van der Waals surface area contributed by atoms with Crippen molar-refractivity contribution in [3.8, 4) is 11.1 Å². The summed E-state index contributed by atoms with van der Waals surface area (Å²) in [7, 11) is 0. The topological polar surface area (TPSA) is 17.1 Å². The minimum Gasteiger partial charge on any atom is -0.289 e. The van der Waals surface area contributed by atoms with Crippen molar-refractivity contribution < 1.29 is 4.79 Å². The van der Waals surface area contributed by atoms with Gasteiger partial charge in [0.05, 0.1) is 0 Å². The normalized spacial score (nSPS) is 13.4. The lowest BCUT2D eigenvalue weighted by atomic mass is 9.82. The predicted molar refractivity (Wildman–Crippen MR) is 74.0 cm³/mol. The minimum absolute atomic E-state index is 0.0109. The molecule has 0 spiro atoms. The first-order valence-corrected chi connectivity index (χ1v) is 6.28. The van der Waals surface area contributed by atoms with Crippen LogP contribution in [0.5, 0.6) is 0 Å². The molecule has 0 N–H and O–H groups in total. The van der Waals surface area contributed by atoms with E-state index in [9.17, 15) is 4.79 Å². The van der Waals surface area contributed by atoms with E-state index in [4.69, 9.17) is 0 Å². The lowest BCUT2D eigenvalue weighted by molar-refractivity contribution is 0.104. The van der Waals surface area contributed by atoms with Gasteiger partial charge >= 0.3 is 0 Å². The van der Waals surface area contributed by atoms with E-state index in [-0.39, 0.29) is 11.2 Å². The Morgan fingerprint density at radius 1 is 0.778 bits per heavy atom. The van der Waals surface area contributed by atoms with Crippen molar-refractivity contribution in [3.63, 3.8) is 0 Å². The monoisotopic (exact) mass is 236 g/mol. The fraction of sp³-hybridized carbons (Fsp3) is 0.235. The number of benzene rings is 2. The van der Waals surface area contributed by atoms with Crippen molar-refractivity contribution in [2.45, 2.75) is 26.2 Å². The average molecular weight is 236 g/mol. The molecule has 0 heterocycles. The third-order valence-electron chi connectivity index (χ3n) is 3.56. The van der Waals surface area contributed by atoms with Crippen LogP contribution >= 0.6 is 0 Å². The molecule has 0 fully saturated rings. The molecule has 1 aliphatic carbocycles. The molecule has 0 amide bonds. The van der Waals surface area contributed by atoms with Gasteiger partial charge in [0, 0.05) is 11.1 Å². The molecular weight excluding hydrogens is 220 g/mol. The molecule has 0 aliphatic heterocycles. The van der Waals surface area contributed by atoms with Crippen molar-refractivity contribution in [1.82, 2.24) is 0 Å². The van der Waals surface area contributed by atoms with Gasteiger partial charge in [-0.05, 0) is 22.1 Å². The van der Waals surface area contributed by atoms with E-state index in [2.05, 4.69) is 32.9 Å². The van der Waals surface area contributed by atoms with Gasteiger partial charge in [0.15, 0.2) is 5.78 Å². The number of rotatable bonds is 0. The standard InChI is InChI=1S/C17H16O/c1-17(2,3)14-10-6-9-12-11-7-4-5-8-13(11)16(18)15(12)14/h4-10H,1-3H3. The summed E-state index contributed by atoms with van der Waals surface area (Å²) in [6, 6.07) is 14.0. The Bertz CT molecular complexity index is 645. The Balaban J connectivity index is 2.35. The highest BCUT2D eigenvalue weighted by Crippen LogP contribution is 2.41. The maximum Gasteiger partial charge on any atom is 0.194 e. The Morgan fingerprint density at radius 2 is 1.39 bits per heavy atom. The number of carbonyl (C=O) groups excluding carboxylic acids is 1. The fourth-order valence-electron chi connectivity index (χ4n) is 2.70. The SMILES string of the molecule is CC(C)(C)c1cccc2c1C(=O)c1ccccc1-2. The van der Waals surface area contributed by atoms with Gasteiger partial charge in [-0.3, -0.25) is 4.79 Å². The zero-order valence-corrected chi connectivity index (χ0v) is 10.9. The van der Waals surface area contributed by atoms with Crippen LogP contribution in [0.4, 0.5) is 0 Å². The van der Waals surface area contributed by atoms with Crippen molar-refractivity contribution in [3.05, 3.63) is 59.2 Å². The van der Waals surface area contributed by atoms with E-state index in [0.717, 1.165) is 27.8 Å². The molecule has 0 bridgehead atoms. The zero-order chi connectivity index (χ0) is 12.9. The van der Waals surface area contributed by atoms with E-state index in [1.54, 1.807) is 0 Å². The summed E-state index contributed by atoms with van der Waals surface area (Å²) in [6.07, 6.45) is 0. The van der Waals surface area contributed by atoms with Gasteiger partial charge in [-0.1, -0.05) is 63.2 Å². The first kappa shape index (κ1) is 11.2. The molecule has 0 aromatic heterocycles. The highest BCUT2D eigenvalue weighted by molar-refractivity contribution is 6.22.